The van der Waals surface area contributed by atoms with Crippen LogP contribution < -0.4 is 14.8 Å². The van der Waals surface area contributed by atoms with Gasteiger partial charge < -0.3 is 14.8 Å². The first-order valence-corrected chi connectivity index (χ1v) is 9.21. The summed E-state index contributed by atoms with van der Waals surface area (Å²) < 4.78 is 50.3. The van der Waals surface area contributed by atoms with E-state index < -0.39 is 11.7 Å². The Hall–Kier alpha value is -2.03. The predicted molar refractivity (Wildman–Crippen MR) is 101 cm³/mol. The average Bonchev–Trinajstić information content (AvgIpc) is 2.65. The highest BCUT2D eigenvalue weighted by Gasteiger charge is 2.32. The molecular formula is C18H21BrF3N3O2. The zero-order chi connectivity index (χ0) is 20.2. The second-order valence-corrected chi connectivity index (χ2v) is 6.49. The summed E-state index contributed by atoms with van der Waals surface area (Å²) in [6.07, 6.45) is -2.84. The molecule has 0 unspecified atom stereocenters. The number of nitrogens with zero attached hydrogens (tertiary/aromatic N) is 2. The van der Waals surface area contributed by atoms with E-state index in [1.165, 1.54) is 13.2 Å². The number of rotatable bonds is 7. The highest BCUT2D eigenvalue weighted by molar-refractivity contribution is 9.10. The Morgan fingerprint density at radius 2 is 1.85 bits per heavy atom. The number of benzene rings is 1. The molecular weight excluding hydrogens is 427 g/mol. The molecule has 0 fully saturated rings. The molecule has 9 heteroatoms. The van der Waals surface area contributed by atoms with Crippen LogP contribution in [0.4, 0.5) is 19.0 Å². The van der Waals surface area contributed by atoms with Crippen LogP contribution in [-0.4, -0.2) is 30.2 Å². The number of methoxy groups -OCH3 is 1. The van der Waals surface area contributed by atoms with Gasteiger partial charge in [0.05, 0.1) is 12.7 Å². The first-order valence-electron chi connectivity index (χ1n) is 8.42. The van der Waals surface area contributed by atoms with Crippen LogP contribution >= 0.6 is 15.9 Å². The molecule has 0 atom stereocenters. The van der Waals surface area contributed by atoms with E-state index in [1.54, 1.807) is 7.05 Å². The number of halogens is 4. The van der Waals surface area contributed by atoms with Crippen LogP contribution in [0.3, 0.4) is 0 Å². The molecule has 1 heterocycles. The first-order chi connectivity index (χ1) is 12.7. The third kappa shape index (κ3) is 4.82. The van der Waals surface area contributed by atoms with Gasteiger partial charge in [-0.1, -0.05) is 13.8 Å². The van der Waals surface area contributed by atoms with Crippen molar-refractivity contribution in [2.24, 2.45) is 0 Å². The Kier molecular flexibility index (Phi) is 6.91. The number of hydrogen-bond acceptors (Lipinski definition) is 5. The summed E-state index contributed by atoms with van der Waals surface area (Å²) in [6, 6.07) is 3.24. The van der Waals surface area contributed by atoms with E-state index in [9.17, 15) is 13.2 Å². The van der Waals surface area contributed by atoms with E-state index in [0.717, 1.165) is 25.0 Å². The monoisotopic (exact) mass is 447 g/mol. The van der Waals surface area contributed by atoms with Gasteiger partial charge >= 0.3 is 6.18 Å². The van der Waals surface area contributed by atoms with Crippen molar-refractivity contribution in [2.45, 2.75) is 39.0 Å². The Balaban J connectivity index is 2.53. The molecule has 0 aliphatic rings. The van der Waals surface area contributed by atoms with E-state index in [4.69, 9.17) is 9.47 Å². The molecule has 1 N–H and O–H groups in total. The fourth-order valence-corrected chi connectivity index (χ4v) is 2.96. The van der Waals surface area contributed by atoms with E-state index in [0.29, 0.717) is 27.6 Å². The lowest BCUT2D eigenvalue weighted by Gasteiger charge is -2.18. The smallest absolute Gasteiger partial charge is 0.416 e. The highest BCUT2D eigenvalue weighted by Crippen LogP contribution is 2.39. The van der Waals surface area contributed by atoms with Gasteiger partial charge in [0.1, 0.15) is 22.2 Å². The molecule has 1 aromatic heterocycles. The van der Waals surface area contributed by atoms with Gasteiger partial charge in [-0.3, -0.25) is 0 Å². The molecule has 2 aromatic rings. The van der Waals surface area contributed by atoms with E-state index >= 15 is 0 Å². The van der Waals surface area contributed by atoms with Gasteiger partial charge in [-0.15, -0.1) is 0 Å². The minimum atomic E-state index is -4.46. The zero-order valence-corrected chi connectivity index (χ0v) is 17.0. The van der Waals surface area contributed by atoms with Gasteiger partial charge in [0.2, 0.25) is 0 Å². The van der Waals surface area contributed by atoms with Crippen LogP contribution in [0.25, 0.3) is 11.3 Å². The van der Waals surface area contributed by atoms with Crippen LogP contribution in [0.1, 0.15) is 32.3 Å². The van der Waals surface area contributed by atoms with E-state index in [-0.39, 0.29) is 11.9 Å². The van der Waals surface area contributed by atoms with Gasteiger partial charge in [0, 0.05) is 12.6 Å². The maximum absolute atomic E-state index is 13.0. The minimum absolute atomic E-state index is 0.00949. The van der Waals surface area contributed by atoms with Gasteiger partial charge in [0.15, 0.2) is 5.82 Å². The average molecular weight is 448 g/mol. The molecule has 0 bridgehead atoms. The zero-order valence-electron chi connectivity index (χ0n) is 15.4. The molecule has 148 valence electrons. The third-order valence-electron chi connectivity index (χ3n) is 4.03. The Labute approximate surface area is 164 Å². The minimum Gasteiger partial charge on any atom is -0.496 e. The van der Waals surface area contributed by atoms with Crippen LogP contribution in [0, 0.1) is 0 Å². The number of aromatic nitrogens is 2. The molecule has 0 aliphatic carbocycles. The molecule has 0 radical (unpaired) electrons. The number of anilines is 1. The van der Waals surface area contributed by atoms with E-state index in [2.05, 4.69) is 31.2 Å². The summed E-state index contributed by atoms with van der Waals surface area (Å²) in [5.74, 6) is 0.769. The number of ether oxygens (including phenoxy) is 2. The summed E-state index contributed by atoms with van der Waals surface area (Å²) in [4.78, 5) is 8.87. The molecule has 0 spiro atoms. The molecule has 5 nitrogen and oxygen atoms in total. The van der Waals surface area contributed by atoms with Crippen molar-refractivity contribution in [1.82, 2.24) is 9.97 Å². The Bertz CT molecular complexity index is 796. The SMILES string of the molecule is CCC(CC)Oc1nc(Br)c(-c2ccc(C(F)(F)F)cc2OC)nc1NC. The van der Waals surface area contributed by atoms with Crippen molar-refractivity contribution in [2.75, 3.05) is 19.5 Å². The van der Waals surface area contributed by atoms with Crippen molar-refractivity contribution in [3.63, 3.8) is 0 Å². The van der Waals surface area contributed by atoms with Crippen molar-refractivity contribution in [3.05, 3.63) is 28.4 Å². The van der Waals surface area contributed by atoms with Gasteiger partial charge in [-0.25, -0.2) is 9.97 Å². The molecule has 0 aliphatic heterocycles. The standard InChI is InChI=1S/C18H21BrF3N3O2/c1-5-11(6-2)27-17-16(23-3)24-14(15(19)25-17)12-8-7-10(18(20,21)22)9-13(12)26-4/h7-9,11H,5-6H2,1-4H3,(H,23,24). The summed E-state index contributed by atoms with van der Waals surface area (Å²) in [6.45, 7) is 4.02. The van der Waals surface area contributed by atoms with Crippen LogP contribution in [0.15, 0.2) is 22.8 Å². The maximum atomic E-state index is 13.0. The van der Waals surface area contributed by atoms with Crippen molar-refractivity contribution < 1.29 is 22.6 Å². The summed E-state index contributed by atoms with van der Waals surface area (Å²) >= 11 is 3.34. The quantitative estimate of drug-likeness (QED) is 0.603. The first kappa shape index (κ1) is 21.3. The lowest BCUT2D eigenvalue weighted by atomic mass is 10.1. The molecule has 0 amide bonds. The van der Waals surface area contributed by atoms with Crippen molar-refractivity contribution in [3.8, 4) is 22.9 Å². The van der Waals surface area contributed by atoms with Crippen molar-refractivity contribution in [1.29, 1.82) is 0 Å². The fourth-order valence-electron chi connectivity index (χ4n) is 2.49. The van der Waals surface area contributed by atoms with Gasteiger partial charge in [0.25, 0.3) is 5.88 Å². The van der Waals surface area contributed by atoms with Gasteiger partial charge in [-0.2, -0.15) is 13.2 Å². The Morgan fingerprint density at radius 3 is 2.37 bits per heavy atom. The topological polar surface area (TPSA) is 56.3 Å². The summed E-state index contributed by atoms with van der Waals surface area (Å²) in [5.41, 5.74) is -0.0630. The number of nitrogens with one attached hydrogen (secondary N) is 1. The molecule has 0 saturated carbocycles. The normalized spacial score (nSPS) is 11.6. The van der Waals surface area contributed by atoms with Gasteiger partial charge in [-0.05, 0) is 47.0 Å². The second-order valence-electron chi connectivity index (χ2n) is 5.74. The second kappa shape index (κ2) is 8.77. The lowest BCUT2D eigenvalue weighted by Crippen LogP contribution is -2.16. The Morgan fingerprint density at radius 1 is 1.19 bits per heavy atom. The fraction of sp³-hybridized carbons (Fsp3) is 0.444. The van der Waals surface area contributed by atoms with Crippen molar-refractivity contribution >= 4 is 21.7 Å². The van der Waals surface area contributed by atoms with Crippen LogP contribution in [-0.2, 0) is 6.18 Å². The third-order valence-corrected chi connectivity index (χ3v) is 4.58. The largest absolute Gasteiger partial charge is 0.496 e. The molecule has 1 aromatic carbocycles. The predicted octanol–water partition coefficient (Wildman–Crippen LogP) is 5.54. The summed E-state index contributed by atoms with van der Waals surface area (Å²) in [5, 5.41) is 2.92. The molecule has 27 heavy (non-hydrogen) atoms. The highest BCUT2D eigenvalue weighted by atomic mass is 79.9. The number of alkyl halides is 3. The van der Waals surface area contributed by atoms with Crippen LogP contribution in [0.5, 0.6) is 11.6 Å². The van der Waals surface area contributed by atoms with E-state index in [1.807, 2.05) is 13.8 Å². The summed E-state index contributed by atoms with van der Waals surface area (Å²) in [7, 11) is 2.98. The lowest BCUT2D eigenvalue weighted by molar-refractivity contribution is -0.137. The maximum Gasteiger partial charge on any atom is 0.416 e. The molecule has 2 rings (SSSR count). The number of hydrogen-bond donors (Lipinski definition) is 1. The van der Waals surface area contributed by atoms with Crippen LogP contribution in [0.2, 0.25) is 0 Å². The molecule has 0 saturated heterocycles.